The van der Waals surface area contributed by atoms with Crippen LogP contribution in [0.4, 0.5) is 0 Å². The normalized spacial score (nSPS) is 27.1. The Kier molecular flexibility index (Phi) is 3.92. The maximum atomic E-state index is 10.7. The Labute approximate surface area is 82.9 Å². The summed E-state index contributed by atoms with van der Waals surface area (Å²) in [5.41, 5.74) is 0. The van der Waals surface area contributed by atoms with Gasteiger partial charge in [0.05, 0.1) is 0 Å². The van der Waals surface area contributed by atoms with Crippen molar-refractivity contribution in [2.75, 3.05) is 0 Å². The molecule has 0 bridgehead atoms. The summed E-state index contributed by atoms with van der Waals surface area (Å²) in [7, 11) is 0. The van der Waals surface area contributed by atoms with E-state index in [2.05, 4.69) is 0 Å². The van der Waals surface area contributed by atoms with Gasteiger partial charge in [-0.2, -0.15) is 0 Å². The predicted octanol–water partition coefficient (Wildman–Crippen LogP) is -0.927. The summed E-state index contributed by atoms with van der Waals surface area (Å²) >= 11 is 0. The molecule has 1 fully saturated rings. The van der Waals surface area contributed by atoms with Crippen LogP contribution in [-0.2, 0) is 9.59 Å². The van der Waals surface area contributed by atoms with E-state index < -0.39 is 17.9 Å². The third-order valence-electron chi connectivity index (χ3n) is 2.93. The highest BCUT2D eigenvalue weighted by Crippen LogP contribution is 2.32. The molecule has 4 heteroatoms. The molecule has 2 unspecified atom stereocenters. The van der Waals surface area contributed by atoms with Crippen LogP contribution in [0.25, 0.3) is 0 Å². The molecule has 0 aromatic heterocycles. The first-order chi connectivity index (χ1) is 6.61. The summed E-state index contributed by atoms with van der Waals surface area (Å²) in [5.74, 6) is -2.63. The molecule has 0 saturated heterocycles. The first-order valence-electron chi connectivity index (χ1n) is 5.02. The Morgan fingerprint density at radius 2 is 1.79 bits per heavy atom. The predicted molar refractivity (Wildman–Crippen MR) is 44.7 cm³/mol. The monoisotopic (exact) mass is 198 g/mol. The number of hydrogen-bond acceptors (Lipinski definition) is 4. The van der Waals surface area contributed by atoms with Gasteiger partial charge in [-0.1, -0.05) is 12.8 Å². The SMILES string of the molecule is O=C([O-])CCC1CCCCC1C(=O)[O-]. The molecular formula is C10H14O4-2. The van der Waals surface area contributed by atoms with Crippen molar-refractivity contribution in [3.63, 3.8) is 0 Å². The Morgan fingerprint density at radius 3 is 2.36 bits per heavy atom. The van der Waals surface area contributed by atoms with Gasteiger partial charge in [0.15, 0.2) is 0 Å². The Balaban J connectivity index is 2.45. The zero-order valence-corrected chi connectivity index (χ0v) is 8.03. The van der Waals surface area contributed by atoms with Gasteiger partial charge >= 0.3 is 0 Å². The third kappa shape index (κ3) is 3.01. The van der Waals surface area contributed by atoms with Crippen molar-refractivity contribution >= 4 is 11.9 Å². The second-order valence-electron chi connectivity index (χ2n) is 3.88. The zero-order valence-electron chi connectivity index (χ0n) is 8.03. The largest absolute Gasteiger partial charge is 0.550 e. The number of carboxylic acids is 2. The minimum absolute atomic E-state index is 0.0355. The lowest BCUT2D eigenvalue weighted by atomic mass is 9.77. The van der Waals surface area contributed by atoms with E-state index in [0.717, 1.165) is 19.3 Å². The Morgan fingerprint density at radius 1 is 1.14 bits per heavy atom. The van der Waals surface area contributed by atoms with Crippen LogP contribution in [0.1, 0.15) is 38.5 Å². The smallest absolute Gasteiger partial charge is 0.0448 e. The van der Waals surface area contributed by atoms with Gasteiger partial charge in [-0.05, 0) is 31.6 Å². The standard InChI is InChI=1S/C10H16O4/c11-9(12)6-5-7-3-1-2-4-8(7)10(13)14/h7-8H,1-6H2,(H,11,12)(H,13,14)/p-2. The fourth-order valence-corrected chi connectivity index (χ4v) is 2.17. The second-order valence-corrected chi connectivity index (χ2v) is 3.88. The van der Waals surface area contributed by atoms with E-state index in [-0.39, 0.29) is 12.3 Å². The quantitative estimate of drug-likeness (QED) is 0.584. The molecule has 0 spiro atoms. The lowest BCUT2D eigenvalue weighted by Crippen LogP contribution is -2.38. The molecule has 0 radical (unpaired) electrons. The fourth-order valence-electron chi connectivity index (χ4n) is 2.17. The van der Waals surface area contributed by atoms with E-state index >= 15 is 0 Å². The maximum Gasteiger partial charge on any atom is 0.0448 e. The summed E-state index contributed by atoms with van der Waals surface area (Å²) < 4.78 is 0. The molecule has 80 valence electrons. The first-order valence-corrected chi connectivity index (χ1v) is 5.02. The van der Waals surface area contributed by atoms with Crippen LogP contribution in [0.2, 0.25) is 0 Å². The van der Waals surface area contributed by atoms with Crippen LogP contribution in [0.5, 0.6) is 0 Å². The van der Waals surface area contributed by atoms with E-state index in [4.69, 9.17) is 0 Å². The van der Waals surface area contributed by atoms with E-state index in [0.29, 0.717) is 12.8 Å². The molecule has 0 amide bonds. The summed E-state index contributed by atoms with van der Waals surface area (Å²) in [4.78, 5) is 21.0. The Bertz CT molecular complexity index is 224. The molecule has 0 aromatic rings. The van der Waals surface area contributed by atoms with E-state index in [1.165, 1.54) is 0 Å². The van der Waals surface area contributed by atoms with Crippen LogP contribution in [0.3, 0.4) is 0 Å². The van der Waals surface area contributed by atoms with Gasteiger partial charge in [-0.15, -0.1) is 0 Å². The number of hydrogen-bond donors (Lipinski definition) is 0. The summed E-state index contributed by atoms with van der Waals surface area (Å²) in [5, 5.41) is 21.0. The van der Waals surface area contributed by atoms with Crippen LogP contribution in [-0.4, -0.2) is 11.9 Å². The van der Waals surface area contributed by atoms with Crippen molar-refractivity contribution in [2.24, 2.45) is 11.8 Å². The van der Waals surface area contributed by atoms with Gasteiger partial charge in [-0.3, -0.25) is 0 Å². The topological polar surface area (TPSA) is 80.3 Å². The minimum atomic E-state index is -1.10. The molecule has 1 rings (SSSR count). The van der Waals surface area contributed by atoms with E-state index in [9.17, 15) is 19.8 Å². The van der Waals surface area contributed by atoms with Gasteiger partial charge < -0.3 is 19.8 Å². The third-order valence-corrected chi connectivity index (χ3v) is 2.93. The second kappa shape index (κ2) is 4.98. The molecular weight excluding hydrogens is 184 g/mol. The number of carbonyl (C=O) groups is 2. The lowest BCUT2D eigenvalue weighted by Gasteiger charge is -2.32. The average Bonchev–Trinajstić information content (AvgIpc) is 2.15. The Hall–Kier alpha value is -1.06. The van der Waals surface area contributed by atoms with Gasteiger partial charge in [0.25, 0.3) is 0 Å². The minimum Gasteiger partial charge on any atom is -0.550 e. The van der Waals surface area contributed by atoms with Crippen molar-refractivity contribution in [2.45, 2.75) is 38.5 Å². The average molecular weight is 198 g/mol. The zero-order chi connectivity index (χ0) is 10.6. The van der Waals surface area contributed by atoms with Crippen LogP contribution in [0, 0.1) is 11.8 Å². The highest BCUT2D eigenvalue weighted by atomic mass is 16.4. The maximum absolute atomic E-state index is 10.7. The van der Waals surface area contributed by atoms with Gasteiger partial charge in [-0.25, -0.2) is 0 Å². The summed E-state index contributed by atoms with van der Waals surface area (Å²) in [6, 6.07) is 0. The van der Waals surface area contributed by atoms with E-state index in [1.54, 1.807) is 0 Å². The van der Waals surface area contributed by atoms with Crippen molar-refractivity contribution in [1.29, 1.82) is 0 Å². The molecule has 0 heterocycles. The molecule has 0 aromatic carbocycles. The van der Waals surface area contributed by atoms with Gasteiger partial charge in [0.2, 0.25) is 0 Å². The number of rotatable bonds is 4. The molecule has 1 saturated carbocycles. The fraction of sp³-hybridized carbons (Fsp3) is 0.800. The van der Waals surface area contributed by atoms with Crippen molar-refractivity contribution in [3.05, 3.63) is 0 Å². The summed E-state index contributed by atoms with van der Waals surface area (Å²) in [6.07, 6.45) is 3.67. The first kappa shape index (κ1) is 11.0. The van der Waals surface area contributed by atoms with Crippen molar-refractivity contribution < 1.29 is 19.8 Å². The van der Waals surface area contributed by atoms with Crippen molar-refractivity contribution in [1.82, 2.24) is 0 Å². The summed E-state index contributed by atoms with van der Waals surface area (Å²) in [6.45, 7) is 0. The molecule has 0 N–H and O–H groups in total. The van der Waals surface area contributed by atoms with Crippen LogP contribution >= 0.6 is 0 Å². The number of aliphatic carboxylic acids is 2. The van der Waals surface area contributed by atoms with Gasteiger partial charge in [0, 0.05) is 17.9 Å². The number of carboxylic acid groups (broad SMARTS) is 2. The molecule has 1 aliphatic rings. The molecule has 1 aliphatic carbocycles. The number of carbonyl (C=O) groups excluding carboxylic acids is 2. The van der Waals surface area contributed by atoms with Crippen molar-refractivity contribution in [3.8, 4) is 0 Å². The highest BCUT2D eigenvalue weighted by Gasteiger charge is 2.25. The molecule has 2 atom stereocenters. The highest BCUT2D eigenvalue weighted by molar-refractivity contribution is 5.68. The van der Waals surface area contributed by atoms with Gasteiger partial charge in [0.1, 0.15) is 0 Å². The van der Waals surface area contributed by atoms with Crippen LogP contribution < -0.4 is 10.2 Å². The lowest BCUT2D eigenvalue weighted by molar-refractivity contribution is -0.315. The van der Waals surface area contributed by atoms with E-state index in [1.807, 2.05) is 0 Å². The molecule has 0 aliphatic heterocycles. The molecule has 4 nitrogen and oxygen atoms in total. The van der Waals surface area contributed by atoms with Crippen LogP contribution in [0.15, 0.2) is 0 Å². The molecule has 14 heavy (non-hydrogen) atoms.